The molecule has 134 valence electrons. The zero-order valence-electron chi connectivity index (χ0n) is 14.6. The number of amides is 1. The zero-order valence-corrected chi connectivity index (χ0v) is 15.4. The van der Waals surface area contributed by atoms with Gasteiger partial charge in [0.05, 0.1) is 6.54 Å². The van der Waals surface area contributed by atoms with Gasteiger partial charge in [-0.2, -0.15) is 0 Å². The molecule has 24 heavy (non-hydrogen) atoms. The molecule has 0 aliphatic carbocycles. The molecule has 2 aliphatic heterocycles. The number of hydrogen-bond acceptors (Lipinski definition) is 3. The Morgan fingerprint density at radius 2 is 1.88 bits per heavy atom. The molecular formula is C19H29ClN2O2. The number of nitrogens with one attached hydrogen (secondary N) is 2. The molecule has 4 nitrogen and oxygen atoms in total. The van der Waals surface area contributed by atoms with Gasteiger partial charge < -0.3 is 15.4 Å². The smallest absolute Gasteiger partial charge is 0.220 e. The van der Waals surface area contributed by atoms with Gasteiger partial charge in [-0.3, -0.25) is 4.79 Å². The van der Waals surface area contributed by atoms with Crippen molar-refractivity contribution in [2.75, 3.05) is 6.54 Å². The van der Waals surface area contributed by atoms with Crippen molar-refractivity contribution in [1.29, 1.82) is 0 Å². The first-order valence-corrected chi connectivity index (χ1v) is 8.84. The van der Waals surface area contributed by atoms with E-state index in [1.54, 1.807) is 0 Å². The third-order valence-electron chi connectivity index (χ3n) is 4.99. The van der Waals surface area contributed by atoms with Crippen molar-refractivity contribution in [3.05, 3.63) is 29.8 Å². The fraction of sp³-hybridized carbons (Fsp3) is 0.632. The number of hydrogen-bond donors (Lipinski definition) is 2. The van der Waals surface area contributed by atoms with Crippen molar-refractivity contribution in [3.63, 3.8) is 0 Å². The molecule has 0 aromatic heterocycles. The summed E-state index contributed by atoms with van der Waals surface area (Å²) >= 11 is 0. The number of fused-ring (bicyclic) bond motifs is 2. The molecule has 1 amide bonds. The fourth-order valence-electron chi connectivity index (χ4n) is 3.82. The number of aryl methyl sites for hydroxylation is 1. The summed E-state index contributed by atoms with van der Waals surface area (Å²) in [5.41, 5.74) is 1.22. The summed E-state index contributed by atoms with van der Waals surface area (Å²) in [5, 5.41) is 6.65. The molecule has 3 atom stereocenters. The van der Waals surface area contributed by atoms with Crippen LogP contribution in [0.2, 0.25) is 0 Å². The van der Waals surface area contributed by atoms with Crippen LogP contribution in [0.3, 0.4) is 0 Å². The standard InChI is InChI=1S/C19H28N2O2.ClH/c1-13-3-7-18(8-4-13)23-14(2)12-20-19(22)11-15-9-16-5-6-17(10-15)21-16;/h3-4,7-8,14-17,21H,5-6,9-12H2,1-2H3,(H,20,22);1H. The van der Waals surface area contributed by atoms with E-state index < -0.39 is 0 Å². The highest BCUT2D eigenvalue weighted by Crippen LogP contribution is 2.32. The summed E-state index contributed by atoms with van der Waals surface area (Å²) in [6.07, 6.45) is 5.50. The quantitative estimate of drug-likeness (QED) is 0.826. The van der Waals surface area contributed by atoms with Gasteiger partial charge in [0.25, 0.3) is 0 Å². The largest absolute Gasteiger partial charge is 0.489 e. The first-order chi connectivity index (χ1) is 11.1. The highest BCUT2D eigenvalue weighted by atomic mass is 35.5. The Morgan fingerprint density at radius 3 is 2.50 bits per heavy atom. The van der Waals surface area contributed by atoms with Crippen LogP contribution in [0, 0.1) is 12.8 Å². The summed E-state index contributed by atoms with van der Waals surface area (Å²) in [6, 6.07) is 9.31. The van der Waals surface area contributed by atoms with Crippen LogP contribution in [-0.2, 0) is 4.79 Å². The molecule has 2 aliphatic rings. The number of carbonyl (C=O) groups excluding carboxylic acids is 1. The minimum atomic E-state index is -0.0224. The summed E-state index contributed by atoms with van der Waals surface area (Å²) < 4.78 is 5.83. The lowest BCUT2D eigenvalue weighted by atomic mass is 9.89. The van der Waals surface area contributed by atoms with E-state index in [0.29, 0.717) is 31.0 Å². The van der Waals surface area contributed by atoms with Crippen LogP contribution in [0.15, 0.2) is 24.3 Å². The number of piperidine rings is 1. The maximum atomic E-state index is 12.2. The van der Waals surface area contributed by atoms with Crippen molar-refractivity contribution in [1.82, 2.24) is 10.6 Å². The lowest BCUT2D eigenvalue weighted by Crippen LogP contribution is -2.40. The Hall–Kier alpha value is -1.26. The number of halogens is 1. The minimum Gasteiger partial charge on any atom is -0.489 e. The monoisotopic (exact) mass is 352 g/mol. The Morgan fingerprint density at radius 1 is 1.25 bits per heavy atom. The topological polar surface area (TPSA) is 50.4 Å². The minimum absolute atomic E-state index is 0. The number of rotatable bonds is 6. The van der Waals surface area contributed by atoms with E-state index in [0.717, 1.165) is 18.6 Å². The highest BCUT2D eigenvalue weighted by molar-refractivity contribution is 5.85. The van der Waals surface area contributed by atoms with Crippen molar-refractivity contribution in [2.24, 2.45) is 5.92 Å². The van der Waals surface area contributed by atoms with Gasteiger partial charge in [-0.25, -0.2) is 0 Å². The second-order valence-electron chi connectivity index (χ2n) is 7.23. The SMILES string of the molecule is Cc1ccc(OC(C)CNC(=O)CC2CC3CCC(C2)N3)cc1.Cl. The fourth-order valence-corrected chi connectivity index (χ4v) is 3.82. The summed E-state index contributed by atoms with van der Waals surface area (Å²) in [7, 11) is 0. The van der Waals surface area contributed by atoms with Gasteiger partial charge in [-0.15, -0.1) is 12.4 Å². The number of carbonyl (C=O) groups is 1. The summed E-state index contributed by atoms with van der Waals surface area (Å²) in [6.45, 7) is 4.61. The Kier molecular flexibility index (Phi) is 6.93. The van der Waals surface area contributed by atoms with Gasteiger partial charge >= 0.3 is 0 Å². The molecule has 2 saturated heterocycles. The summed E-state index contributed by atoms with van der Waals surface area (Å²) in [5.74, 6) is 1.56. The van der Waals surface area contributed by atoms with Crippen molar-refractivity contribution in [2.45, 2.75) is 64.1 Å². The van der Waals surface area contributed by atoms with E-state index in [1.807, 2.05) is 31.2 Å². The second kappa shape index (κ2) is 8.72. The lowest BCUT2D eigenvalue weighted by Gasteiger charge is -2.28. The average Bonchev–Trinajstić information content (AvgIpc) is 2.86. The van der Waals surface area contributed by atoms with Gasteiger partial charge in [0.1, 0.15) is 11.9 Å². The molecule has 2 fully saturated rings. The zero-order chi connectivity index (χ0) is 16.2. The summed E-state index contributed by atoms with van der Waals surface area (Å²) in [4.78, 5) is 12.2. The molecule has 0 radical (unpaired) electrons. The highest BCUT2D eigenvalue weighted by Gasteiger charge is 2.34. The molecule has 2 N–H and O–H groups in total. The van der Waals surface area contributed by atoms with E-state index in [2.05, 4.69) is 17.6 Å². The van der Waals surface area contributed by atoms with Crippen LogP contribution in [0.25, 0.3) is 0 Å². The van der Waals surface area contributed by atoms with E-state index in [4.69, 9.17) is 4.74 Å². The van der Waals surface area contributed by atoms with Crippen molar-refractivity contribution >= 4 is 18.3 Å². The predicted octanol–water partition coefficient (Wildman–Crippen LogP) is 3.22. The van der Waals surface area contributed by atoms with Crippen LogP contribution in [0.1, 0.15) is 44.6 Å². The first-order valence-electron chi connectivity index (χ1n) is 8.84. The molecular weight excluding hydrogens is 324 g/mol. The Balaban J connectivity index is 0.00000208. The van der Waals surface area contributed by atoms with Gasteiger partial charge in [-0.1, -0.05) is 17.7 Å². The van der Waals surface area contributed by atoms with E-state index in [1.165, 1.54) is 18.4 Å². The van der Waals surface area contributed by atoms with Gasteiger partial charge in [0.2, 0.25) is 5.91 Å². The first kappa shape index (κ1) is 19.1. The Labute approximate surface area is 151 Å². The van der Waals surface area contributed by atoms with E-state index in [-0.39, 0.29) is 24.4 Å². The molecule has 0 spiro atoms. The van der Waals surface area contributed by atoms with Crippen LogP contribution in [0.4, 0.5) is 0 Å². The van der Waals surface area contributed by atoms with Crippen LogP contribution >= 0.6 is 12.4 Å². The maximum Gasteiger partial charge on any atom is 0.220 e. The molecule has 0 saturated carbocycles. The molecule has 2 bridgehead atoms. The van der Waals surface area contributed by atoms with E-state index >= 15 is 0 Å². The number of ether oxygens (including phenoxy) is 1. The molecule has 1 aromatic carbocycles. The lowest BCUT2D eigenvalue weighted by molar-refractivity contribution is -0.122. The third kappa shape index (κ3) is 5.38. The van der Waals surface area contributed by atoms with Crippen LogP contribution in [-0.4, -0.2) is 30.6 Å². The van der Waals surface area contributed by atoms with Gasteiger partial charge in [-0.05, 0) is 57.6 Å². The van der Waals surface area contributed by atoms with E-state index in [9.17, 15) is 4.79 Å². The molecule has 1 aromatic rings. The van der Waals surface area contributed by atoms with Crippen LogP contribution < -0.4 is 15.4 Å². The molecule has 3 rings (SSSR count). The molecule has 5 heteroatoms. The number of benzene rings is 1. The van der Waals surface area contributed by atoms with Crippen LogP contribution in [0.5, 0.6) is 5.75 Å². The van der Waals surface area contributed by atoms with Crippen molar-refractivity contribution < 1.29 is 9.53 Å². The van der Waals surface area contributed by atoms with Gasteiger partial charge in [0.15, 0.2) is 0 Å². The Bertz CT molecular complexity index is 523. The molecule has 3 unspecified atom stereocenters. The molecule has 2 heterocycles. The maximum absolute atomic E-state index is 12.2. The predicted molar refractivity (Wildman–Crippen MR) is 98.8 cm³/mol. The average molecular weight is 353 g/mol. The normalized spacial score (nSPS) is 26.3. The second-order valence-corrected chi connectivity index (χ2v) is 7.23. The van der Waals surface area contributed by atoms with Crippen molar-refractivity contribution in [3.8, 4) is 5.75 Å². The van der Waals surface area contributed by atoms with Gasteiger partial charge in [0, 0.05) is 18.5 Å². The third-order valence-corrected chi connectivity index (χ3v) is 4.99.